The van der Waals surface area contributed by atoms with Gasteiger partial charge in [-0.05, 0) is 113 Å². The molecule has 0 saturated carbocycles. The van der Waals surface area contributed by atoms with Crippen LogP contribution in [-0.2, 0) is 50.0 Å². The molecule has 11 nitrogen and oxygen atoms in total. The van der Waals surface area contributed by atoms with Crippen molar-refractivity contribution >= 4 is 37.0 Å². The van der Waals surface area contributed by atoms with Gasteiger partial charge in [-0.25, -0.2) is 23.4 Å². The Morgan fingerprint density at radius 2 is 1.11 bits per heavy atom. The number of ether oxygens (including phenoxy) is 2. The Bertz CT molecular complexity index is 2250. The zero-order valence-electron chi connectivity index (χ0n) is 41.1. The molecule has 0 spiro atoms. The summed E-state index contributed by atoms with van der Waals surface area (Å²) in [6.07, 6.45) is 13.6. The average molecular weight is 908 g/mol. The first-order chi connectivity index (χ1) is 28.6. The monoisotopic (exact) mass is 908 g/mol. The third kappa shape index (κ3) is 28.6. The number of ketones is 1. The molecule has 4 heterocycles. The van der Waals surface area contributed by atoms with Crippen LogP contribution < -0.4 is 9.46 Å². The molecular weight excluding hydrogens is 831 g/mol. The van der Waals surface area contributed by atoms with Crippen LogP contribution in [0, 0.1) is 21.7 Å². The molecule has 63 heavy (non-hydrogen) atoms. The Hall–Kier alpha value is -4.62. The summed E-state index contributed by atoms with van der Waals surface area (Å²) in [7, 11) is -5.41. The molecule has 4 rings (SSSR count). The summed E-state index contributed by atoms with van der Waals surface area (Å²) in [5.41, 5.74) is 6.21. The zero-order valence-corrected chi connectivity index (χ0v) is 42.8. The maximum absolute atomic E-state index is 11.6. The van der Waals surface area contributed by atoms with E-state index in [2.05, 4.69) is 120 Å². The SMILES string of the molecule is C=C(COc1cc(CC(C)(C)C)ccn1)OCC.C=S(C)(=O)c1ccc(CC(C)(C)C)cn1.CC(=O)c1cc(CC(C)(C)C)ccn1.CC(C)(C)Cc1ccc(NS(C)(=O)=O)nc1. The smallest absolute Gasteiger partial charge is 0.230 e. The first-order valence-corrected chi connectivity index (χ1v) is 25.2. The lowest BCUT2D eigenvalue weighted by atomic mass is 9.88. The number of aromatic nitrogens is 4. The van der Waals surface area contributed by atoms with Crippen molar-refractivity contribution in [3.63, 3.8) is 0 Å². The van der Waals surface area contributed by atoms with Crippen LogP contribution in [-0.4, -0.2) is 69.9 Å². The van der Waals surface area contributed by atoms with Gasteiger partial charge in [0.25, 0.3) is 0 Å². The molecule has 0 aliphatic rings. The van der Waals surface area contributed by atoms with Crippen molar-refractivity contribution in [2.75, 3.05) is 30.4 Å². The van der Waals surface area contributed by atoms with Gasteiger partial charge in [0.05, 0.1) is 12.9 Å². The minimum absolute atomic E-state index is 0.0285. The van der Waals surface area contributed by atoms with Crippen LogP contribution in [0.1, 0.15) is 130 Å². The van der Waals surface area contributed by atoms with E-state index >= 15 is 0 Å². The Kier molecular flexibility index (Phi) is 21.9. The van der Waals surface area contributed by atoms with E-state index in [1.54, 1.807) is 44.0 Å². The number of pyridine rings is 4. The predicted molar refractivity (Wildman–Crippen MR) is 264 cm³/mol. The second-order valence-corrected chi connectivity index (χ2v) is 24.9. The molecule has 1 N–H and O–H groups in total. The van der Waals surface area contributed by atoms with Crippen LogP contribution in [0.25, 0.3) is 0 Å². The Morgan fingerprint density at radius 1 is 0.651 bits per heavy atom. The molecule has 0 aromatic carbocycles. The summed E-state index contributed by atoms with van der Waals surface area (Å²) in [6.45, 7) is 34.4. The van der Waals surface area contributed by atoms with E-state index in [1.807, 2.05) is 49.4 Å². The van der Waals surface area contributed by atoms with E-state index in [1.165, 1.54) is 16.7 Å². The highest BCUT2D eigenvalue weighted by Crippen LogP contribution is 2.24. The van der Waals surface area contributed by atoms with Crippen molar-refractivity contribution in [2.24, 2.45) is 21.7 Å². The number of sulfonamides is 1. The molecule has 0 aliphatic carbocycles. The summed E-state index contributed by atoms with van der Waals surface area (Å²) >= 11 is 0. The third-order valence-corrected chi connectivity index (χ3v) is 9.71. The van der Waals surface area contributed by atoms with Crippen molar-refractivity contribution in [1.29, 1.82) is 0 Å². The highest BCUT2D eigenvalue weighted by Gasteiger charge is 2.15. The number of nitrogens with one attached hydrogen (secondary N) is 1. The number of Topliss-reactive ketones (excluding diaryl/α,β-unsaturated/α-hetero) is 1. The van der Waals surface area contributed by atoms with E-state index in [-0.39, 0.29) is 27.4 Å². The van der Waals surface area contributed by atoms with Crippen LogP contribution in [0.5, 0.6) is 5.88 Å². The lowest BCUT2D eigenvalue weighted by Gasteiger charge is -2.18. The van der Waals surface area contributed by atoms with Crippen LogP contribution >= 0.6 is 0 Å². The van der Waals surface area contributed by atoms with Gasteiger partial charge in [-0.3, -0.25) is 18.7 Å². The van der Waals surface area contributed by atoms with Crippen molar-refractivity contribution < 1.29 is 26.9 Å². The third-order valence-electron chi connectivity index (χ3n) is 8.01. The second-order valence-electron chi connectivity index (χ2n) is 20.8. The van der Waals surface area contributed by atoms with Crippen LogP contribution in [0.4, 0.5) is 5.82 Å². The molecule has 1 unspecified atom stereocenters. The Morgan fingerprint density at radius 3 is 1.51 bits per heavy atom. The quantitative estimate of drug-likeness (QED) is 0.0780. The molecular formula is C50H77N5O6S2. The predicted octanol–water partition coefficient (Wildman–Crippen LogP) is 10.9. The largest absolute Gasteiger partial charge is 0.495 e. The van der Waals surface area contributed by atoms with E-state index in [4.69, 9.17) is 9.47 Å². The van der Waals surface area contributed by atoms with Gasteiger partial charge < -0.3 is 9.47 Å². The van der Waals surface area contributed by atoms with E-state index < -0.39 is 19.5 Å². The lowest BCUT2D eigenvalue weighted by Crippen LogP contribution is -2.12. The average Bonchev–Trinajstić information content (AvgIpc) is 3.09. The van der Waals surface area contributed by atoms with Gasteiger partial charge in [0.1, 0.15) is 28.9 Å². The summed E-state index contributed by atoms with van der Waals surface area (Å²) in [5, 5.41) is 0.583. The zero-order chi connectivity index (χ0) is 48.5. The minimum atomic E-state index is -3.24. The Labute approximate surface area is 381 Å². The van der Waals surface area contributed by atoms with Gasteiger partial charge in [0, 0.05) is 53.6 Å². The number of carbonyl (C=O) groups is 1. The molecule has 4 aromatic rings. The first-order valence-electron chi connectivity index (χ1n) is 21.2. The van der Waals surface area contributed by atoms with E-state index in [0.717, 1.165) is 37.5 Å². The number of nitrogens with zero attached hydrogens (tertiary/aromatic N) is 4. The highest BCUT2D eigenvalue weighted by molar-refractivity contribution is 7.99. The fourth-order valence-corrected chi connectivity index (χ4v) is 6.95. The number of hydrogen-bond donors (Lipinski definition) is 1. The number of rotatable bonds is 13. The first kappa shape index (κ1) is 56.4. The molecule has 0 radical (unpaired) electrons. The van der Waals surface area contributed by atoms with Gasteiger partial charge in [-0.1, -0.05) is 102 Å². The maximum Gasteiger partial charge on any atom is 0.230 e. The lowest BCUT2D eigenvalue weighted by molar-refractivity contribution is 0.101. The fourth-order valence-electron chi connectivity index (χ4n) is 5.82. The standard InChI is InChI=1S/C15H23NO2.C12H19NOS.C12H17NO.C11H18N2O2S/c1-6-17-12(2)11-18-14-9-13(7-8-16-14)10-15(3,4)5;1-12(2,3)8-10-6-7-11(13-9-10)15(4,5)14;1-9(14)11-7-10(5-6-13-11)8-12(2,3)4;1-11(2,3)7-9-5-6-10(12-8-9)13-16(4,14)15/h7-9H,2,6,10-11H2,1,3-5H3;6-7,9H,4,8H2,1-3,5H3;5-7H,8H2,1-4H3;5-6,8H,7H2,1-4H3,(H,12,13). The molecule has 13 heteroatoms. The van der Waals surface area contributed by atoms with Gasteiger partial charge in [-0.15, -0.1) is 0 Å². The van der Waals surface area contributed by atoms with Crippen molar-refractivity contribution in [1.82, 2.24) is 19.9 Å². The molecule has 1 atom stereocenters. The van der Waals surface area contributed by atoms with Crippen molar-refractivity contribution in [3.05, 3.63) is 114 Å². The molecule has 0 saturated heterocycles. The van der Waals surface area contributed by atoms with Gasteiger partial charge in [0.2, 0.25) is 15.9 Å². The van der Waals surface area contributed by atoms with Crippen molar-refractivity contribution in [3.8, 4) is 5.88 Å². The molecule has 0 bridgehead atoms. The summed E-state index contributed by atoms with van der Waals surface area (Å²) in [6, 6.07) is 15.2. The maximum atomic E-state index is 11.6. The second kappa shape index (κ2) is 24.4. The summed E-state index contributed by atoms with van der Waals surface area (Å²) < 4.78 is 46.6. The molecule has 0 amide bonds. The minimum Gasteiger partial charge on any atom is -0.495 e. The highest BCUT2D eigenvalue weighted by atomic mass is 32.2. The topological polar surface area (TPSA) is 150 Å². The van der Waals surface area contributed by atoms with Crippen LogP contribution in [0.2, 0.25) is 0 Å². The van der Waals surface area contributed by atoms with Crippen LogP contribution in [0.3, 0.4) is 0 Å². The molecule has 4 aromatic heterocycles. The number of hydrogen-bond acceptors (Lipinski definition) is 10. The number of anilines is 1. The van der Waals surface area contributed by atoms with Crippen molar-refractivity contribution in [2.45, 2.75) is 128 Å². The molecule has 0 aliphatic heterocycles. The summed E-state index contributed by atoms with van der Waals surface area (Å²) in [5.74, 6) is 5.25. The number of carbonyl (C=O) groups excluding carboxylic acids is 1. The van der Waals surface area contributed by atoms with Gasteiger partial charge in [0.15, 0.2) is 5.78 Å². The fraction of sp³-hybridized carbons (Fsp3) is 0.520. The summed E-state index contributed by atoms with van der Waals surface area (Å²) in [4.78, 5) is 27.6. The van der Waals surface area contributed by atoms with E-state index in [0.29, 0.717) is 41.4 Å². The van der Waals surface area contributed by atoms with Gasteiger partial charge >= 0.3 is 0 Å². The van der Waals surface area contributed by atoms with E-state index in [9.17, 15) is 17.4 Å². The van der Waals surface area contributed by atoms with Crippen LogP contribution in [0.15, 0.2) is 90.7 Å². The molecule has 0 fully saturated rings. The Balaban J connectivity index is 0.000000422. The normalized spacial score (nSPS) is 12.7. The molecule has 350 valence electrons. The van der Waals surface area contributed by atoms with Gasteiger partial charge in [-0.2, -0.15) is 0 Å².